The van der Waals surface area contributed by atoms with Crippen molar-refractivity contribution in [3.05, 3.63) is 50.4 Å². The van der Waals surface area contributed by atoms with Crippen LogP contribution in [0.15, 0.2) is 12.1 Å². The van der Waals surface area contributed by atoms with E-state index < -0.39 is 17.6 Å². The van der Waals surface area contributed by atoms with Gasteiger partial charge < -0.3 is 15.0 Å². The predicted octanol–water partition coefficient (Wildman–Crippen LogP) is 3.26. The zero-order valence-electron chi connectivity index (χ0n) is 14.0. The van der Waals surface area contributed by atoms with Gasteiger partial charge in [0.15, 0.2) is 0 Å². The van der Waals surface area contributed by atoms with Gasteiger partial charge in [0.05, 0.1) is 23.7 Å². The lowest BCUT2D eigenvalue weighted by molar-refractivity contribution is 0.0946. The Kier molecular flexibility index (Phi) is 4.76. The van der Waals surface area contributed by atoms with E-state index in [1.165, 1.54) is 11.3 Å². The van der Waals surface area contributed by atoms with Gasteiger partial charge in [-0.05, 0) is 12.1 Å². The molecule has 2 aliphatic rings. The van der Waals surface area contributed by atoms with Gasteiger partial charge in [-0.25, -0.2) is 8.78 Å². The summed E-state index contributed by atoms with van der Waals surface area (Å²) in [6.45, 7) is 2.22. The van der Waals surface area contributed by atoms with Crippen LogP contribution in [0.25, 0.3) is 0 Å². The van der Waals surface area contributed by atoms with Gasteiger partial charge in [0.1, 0.15) is 22.7 Å². The van der Waals surface area contributed by atoms with E-state index in [-0.39, 0.29) is 23.0 Å². The third-order valence-corrected chi connectivity index (χ3v) is 6.23. The molecule has 0 aliphatic carbocycles. The van der Waals surface area contributed by atoms with Crippen LogP contribution in [0.4, 0.5) is 13.8 Å². The first-order valence-electron chi connectivity index (χ1n) is 8.33. The molecule has 1 amide bonds. The smallest absolute Gasteiger partial charge is 0.261 e. The number of rotatable bonds is 2. The molecule has 0 bridgehead atoms. The van der Waals surface area contributed by atoms with E-state index in [0.29, 0.717) is 47.3 Å². The number of nitrogens with zero attached hydrogens (tertiary/aromatic N) is 2. The number of nitrogens with one attached hydrogen (secondary N) is 1. The number of nitriles is 1. The lowest BCUT2D eigenvalue weighted by Gasteiger charge is -2.28. The molecule has 0 spiro atoms. The molecule has 1 atom stereocenters. The topological polar surface area (TPSA) is 65.4 Å². The summed E-state index contributed by atoms with van der Waals surface area (Å²) in [6, 6.07) is 4.23. The minimum absolute atomic E-state index is 0.00920. The fourth-order valence-corrected chi connectivity index (χ4v) is 5.01. The minimum Gasteiger partial charge on any atom is -0.378 e. The van der Waals surface area contributed by atoms with Crippen LogP contribution in [0.5, 0.6) is 0 Å². The fourth-order valence-electron chi connectivity index (χ4n) is 3.54. The zero-order chi connectivity index (χ0) is 19.1. The first-order chi connectivity index (χ1) is 13.0. The Labute approximate surface area is 163 Å². The number of anilines is 1. The van der Waals surface area contributed by atoms with Gasteiger partial charge in [0.2, 0.25) is 0 Å². The van der Waals surface area contributed by atoms with Crippen LogP contribution in [-0.4, -0.2) is 38.8 Å². The van der Waals surface area contributed by atoms with E-state index in [2.05, 4.69) is 11.4 Å². The summed E-state index contributed by atoms with van der Waals surface area (Å²) < 4.78 is 34.4. The normalized spacial score (nSPS) is 19.4. The Morgan fingerprint density at radius 3 is 2.56 bits per heavy atom. The van der Waals surface area contributed by atoms with Crippen molar-refractivity contribution in [2.24, 2.45) is 0 Å². The number of carbonyl (C=O) groups is 1. The van der Waals surface area contributed by atoms with Crippen LogP contribution in [0.2, 0.25) is 5.02 Å². The van der Waals surface area contributed by atoms with Gasteiger partial charge in [-0.1, -0.05) is 11.6 Å². The lowest BCUT2D eigenvalue weighted by Crippen LogP contribution is -2.36. The number of amides is 1. The average molecular weight is 410 g/mol. The molecule has 1 saturated heterocycles. The summed E-state index contributed by atoms with van der Waals surface area (Å²) in [5.41, 5.74) is 0.488. The maximum atomic E-state index is 14.5. The van der Waals surface area contributed by atoms with Gasteiger partial charge in [-0.2, -0.15) is 5.26 Å². The van der Waals surface area contributed by atoms with Crippen LogP contribution >= 0.6 is 22.9 Å². The predicted molar refractivity (Wildman–Crippen MR) is 97.6 cm³/mol. The SMILES string of the molecule is N#Cc1c(N2CCOCC2)sc2c1C(c1c(F)cc(Cl)cc1F)CNC2=O. The maximum Gasteiger partial charge on any atom is 0.261 e. The second-order valence-corrected chi connectivity index (χ2v) is 7.72. The molecule has 1 fully saturated rings. The Morgan fingerprint density at radius 1 is 1.26 bits per heavy atom. The highest BCUT2D eigenvalue weighted by Gasteiger charge is 2.37. The van der Waals surface area contributed by atoms with Crippen molar-refractivity contribution in [2.45, 2.75) is 5.92 Å². The molecule has 0 saturated carbocycles. The molecular formula is C18H14ClF2N3O2S. The van der Waals surface area contributed by atoms with E-state index in [4.69, 9.17) is 16.3 Å². The number of hydrogen-bond acceptors (Lipinski definition) is 5. The second kappa shape index (κ2) is 7.08. The summed E-state index contributed by atoms with van der Waals surface area (Å²) in [7, 11) is 0. The quantitative estimate of drug-likeness (QED) is 0.826. The molecule has 3 heterocycles. The summed E-state index contributed by atoms with van der Waals surface area (Å²) in [5.74, 6) is -2.72. The van der Waals surface area contributed by atoms with Crippen molar-refractivity contribution in [1.82, 2.24) is 5.32 Å². The summed E-state index contributed by atoms with van der Waals surface area (Å²) in [4.78, 5) is 14.7. The highest BCUT2D eigenvalue weighted by atomic mass is 35.5. The highest BCUT2D eigenvalue weighted by Crippen LogP contribution is 2.44. The Hall–Kier alpha value is -2.21. The highest BCUT2D eigenvalue weighted by molar-refractivity contribution is 7.18. The minimum atomic E-state index is -0.796. The standard InChI is InChI=1S/C18H14ClF2N3O2S/c19-9-5-12(20)15(13(21)6-9)11-8-23-17(25)16-14(11)10(7-22)18(27-16)24-1-3-26-4-2-24/h5-6,11H,1-4,8H2,(H,23,25). The van der Waals surface area contributed by atoms with Crippen LogP contribution in [0.1, 0.15) is 32.3 Å². The Balaban J connectivity index is 1.89. The Bertz CT molecular complexity index is 943. The van der Waals surface area contributed by atoms with Crippen molar-refractivity contribution >= 4 is 33.8 Å². The number of benzene rings is 1. The van der Waals surface area contributed by atoms with Crippen molar-refractivity contribution in [1.29, 1.82) is 5.26 Å². The number of thiophene rings is 1. The molecule has 4 rings (SSSR count). The third-order valence-electron chi connectivity index (χ3n) is 4.75. The van der Waals surface area contributed by atoms with Crippen molar-refractivity contribution in [3.63, 3.8) is 0 Å². The summed E-state index contributed by atoms with van der Waals surface area (Å²) in [5, 5.41) is 13.1. The largest absolute Gasteiger partial charge is 0.378 e. The molecule has 1 N–H and O–H groups in total. The molecule has 1 unspecified atom stereocenters. The third kappa shape index (κ3) is 3.06. The van der Waals surface area contributed by atoms with E-state index in [1.54, 1.807) is 0 Å². The van der Waals surface area contributed by atoms with Gasteiger partial charge in [-0.3, -0.25) is 4.79 Å². The Morgan fingerprint density at radius 2 is 1.93 bits per heavy atom. The van der Waals surface area contributed by atoms with E-state index in [9.17, 15) is 18.8 Å². The van der Waals surface area contributed by atoms with Crippen LogP contribution < -0.4 is 10.2 Å². The molecule has 140 valence electrons. The number of hydrogen-bond donors (Lipinski definition) is 1. The van der Waals surface area contributed by atoms with Crippen molar-refractivity contribution in [3.8, 4) is 6.07 Å². The molecule has 9 heteroatoms. The lowest BCUT2D eigenvalue weighted by atomic mass is 9.86. The molecule has 1 aromatic heterocycles. The number of fused-ring (bicyclic) bond motifs is 1. The fraction of sp³-hybridized carbons (Fsp3) is 0.333. The van der Waals surface area contributed by atoms with Crippen LogP contribution in [0, 0.1) is 23.0 Å². The van der Waals surface area contributed by atoms with Crippen molar-refractivity contribution in [2.75, 3.05) is 37.7 Å². The summed E-state index contributed by atoms with van der Waals surface area (Å²) in [6.07, 6.45) is 0. The van der Waals surface area contributed by atoms with Crippen LogP contribution in [-0.2, 0) is 4.74 Å². The van der Waals surface area contributed by atoms with Gasteiger partial charge in [-0.15, -0.1) is 11.3 Å². The van der Waals surface area contributed by atoms with E-state index in [1.807, 2.05) is 4.90 Å². The number of morpholine rings is 1. The van der Waals surface area contributed by atoms with Crippen molar-refractivity contribution < 1.29 is 18.3 Å². The van der Waals surface area contributed by atoms with Gasteiger partial charge in [0, 0.05) is 41.7 Å². The van der Waals surface area contributed by atoms with Crippen LogP contribution in [0.3, 0.4) is 0 Å². The molecule has 0 radical (unpaired) electrons. The molecule has 1 aromatic carbocycles. The molecule has 2 aromatic rings. The van der Waals surface area contributed by atoms with E-state index >= 15 is 0 Å². The number of halogens is 3. The zero-order valence-corrected chi connectivity index (χ0v) is 15.6. The molecule has 5 nitrogen and oxygen atoms in total. The number of carbonyl (C=O) groups excluding carboxylic acids is 1. The molecule has 2 aliphatic heterocycles. The first kappa shape index (κ1) is 18.2. The van der Waals surface area contributed by atoms with Gasteiger partial charge in [0.25, 0.3) is 5.91 Å². The van der Waals surface area contributed by atoms with E-state index in [0.717, 1.165) is 12.1 Å². The molecule has 27 heavy (non-hydrogen) atoms. The molecular weight excluding hydrogens is 396 g/mol. The second-order valence-electron chi connectivity index (χ2n) is 6.28. The summed E-state index contributed by atoms with van der Waals surface area (Å²) >= 11 is 6.91. The average Bonchev–Trinajstić information content (AvgIpc) is 3.04. The first-order valence-corrected chi connectivity index (χ1v) is 9.52. The van der Waals surface area contributed by atoms with Gasteiger partial charge >= 0.3 is 0 Å². The maximum absolute atomic E-state index is 14.5. The monoisotopic (exact) mass is 409 g/mol. The number of ether oxygens (including phenoxy) is 1.